The lowest BCUT2D eigenvalue weighted by atomic mass is 10.2. The van der Waals surface area contributed by atoms with Crippen LogP contribution in [-0.4, -0.2) is 56.0 Å². The second-order valence-electron chi connectivity index (χ2n) is 5.81. The summed E-state index contributed by atoms with van der Waals surface area (Å²) < 4.78 is 6.82. The summed E-state index contributed by atoms with van der Waals surface area (Å²) in [6, 6.07) is 4.90. The van der Waals surface area contributed by atoms with Crippen molar-refractivity contribution >= 4 is 11.4 Å². The van der Waals surface area contributed by atoms with Crippen LogP contribution in [0.2, 0.25) is 0 Å². The maximum atomic E-state index is 9.40. The second-order valence-corrected chi connectivity index (χ2v) is 5.81. The molecule has 1 fully saturated rings. The van der Waals surface area contributed by atoms with Gasteiger partial charge in [-0.25, -0.2) is 0 Å². The van der Waals surface area contributed by atoms with Crippen molar-refractivity contribution in [1.82, 2.24) is 0 Å². The number of anilines is 2. The predicted molar refractivity (Wildman–Crippen MR) is 81.8 cm³/mol. The molecule has 0 saturated carbocycles. The third-order valence-corrected chi connectivity index (χ3v) is 4.02. The number of hydrogen-bond acceptors (Lipinski definition) is 4. The molecule has 1 heterocycles. The fourth-order valence-electron chi connectivity index (χ4n) is 2.66. The highest BCUT2D eigenvalue weighted by Gasteiger charge is 2.25. The van der Waals surface area contributed by atoms with Gasteiger partial charge in [0.2, 0.25) is 0 Å². The molecule has 5 nitrogen and oxygen atoms in total. The van der Waals surface area contributed by atoms with E-state index in [1.54, 1.807) is 18.2 Å². The number of rotatable bonds is 7. The lowest BCUT2D eigenvalue weighted by Crippen LogP contribution is -2.43. The summed E-state index contributed by atoms with van der Waals surface area (Å²) in [7, 11) is 2.31. The highest BCUT2D eigenvalue weighted by molar-refractivity contribution is 5.67. The highest BCUT2D eigenvalue weighted by Crippen LogP contribution is 2.23. The number of hydrogen-bond donors (Lipinski definition) is 3. The van der Waals surface area contributed by atoms with Gasteiger partial charge in [0.05, 0.1) is 44.7 Å². The van der Waals surface area contributed by atoms with Gasteiger partial charge >= 0.3 is 0 Å². The Bertz CT molecular complexity index is 431. The molecule has 4 N–H and O–H groups in total. The van der Waals surface area contributed by atoms with E-state index >= 15 is 0 Å². The molecule has 0 unspecified atom stereocenters. The van der Waals surface area contributed by atoms with E-state index in [2.05, 4.69) is 12.4 Å². The van der Waals surface area contributed by atoms with Gasteiger partial charge in [0.25, 0.3) is 0 Å². The molecule has 1 saturated heterocycles. The van der Waals surface area contributed by atoms with E-state index in [4.69, 9.17) is 10.5 Å². The quantitative estimate of drug-likeness (QED) is 0.307. The number of nitrogens with zero attached hydrogens (tertiary/aromatic N) is 1. The van der Waals surface area contributed by atoms with Crippen molar-refractivity contribution in [3.63, 3.8) is 0 Å². The van der Waals surface area contributed by atoms with Crippen molar-refractivity contribution in [2.75, 3.05) is 57.5 Å². The number of likely N-dealkylation sites (N-methyl/N-ethyl adjacent to an activating group) is 1. The molecule has 20 heavy (non-hydrogen) atoms. The SMILES string of the molecule is C[N+]1(CCOCCNc2cc(O)ccc2N)CCCC1. The van der Waals surface area contributed by atoms with Crippen LogP contribution in [0, 0.1) is 0 Å². The maximum Gasteiger partial charge on any atom is 0.117 e. The molecule has 112 valence electrons. The maximum absolute atomic E-state index is 9.40. The zero-order valence-corrected chi connectivity index (χ0v) is 12.3. The van der Waals surface area contributed by atoms with Crippen molar-refractivity contribution in [2.45, 2.75) is 12.8 Å². The van der Waals surface area contributed by atoms with Gasteiger partial charge in [-0.05, 0) is 12.1 Å². The van der Waals surface area contributed by atoms with Crippen LogP contribution in [0.3, 0.4) is 0 Å². The van der Waals surface area contributed by atoms with E-state index < -0.39 is 0 Å². The molecule has 2 rings (SSSR count). The van der Waals surface area contributed by atoms with Gasteiger partial charge in [-0.2, -0.15) is 0 Å². The summed E-state index contributed by atoms with van der Waals surface area (Å²) in [5.41, 5.74) is 7.21. The molecule has 1 aliphatic heterocycles. The third kappa shape index (κ3) is 4.28. The van der Waals surface area contributed by atoms with Crippen LogP contribution < -0.4 is 11.1 Å². The number of ether oxygens (including phenoxy) is 1. The van der Waals surface area contributed by atoms with Crippen molar-refractivity contribution in [3.05, 3.63) is 18.2 Å². The second kappa shape index (κ2) is 6.81. The van der Waals surface area contributed by atoms with Gasteiger partial charge in [0, 0.05) is 25.5 Å². The number of phenolic OH excluding ortho intramolecular Hbond substituents is 1. The minimum absolute atomic E-state index is 0.217. The van der Waals surface area contributed by atoms with Crippen molar-refractivity contribution < 1.29 is 14.3 Å². The third-order valence-electron chi connectivity index (χ3n) is 4.02. The zero-order valence-electron chi connectivity index (χ0n) is 12.3. The number of likely N-dealkylation sites (tertiary alicyclic amines) is 1. The van der Waals surface area contributed by atoms with Gasteiger partial charge in [0.15, 0.2) is 0 Å². The summed E-state index contributed by atoms with van der Waals surface area (Å²) >= 11 is 0. The van der Waals surface area contributed by atoms with E-state index in [1.165, 1.54) is 25.9 Å². The summed E-state index contributed by atoms with van der Waals surface area (Å²) in [4.78, 5) is 0. The zero-order chi connectivity index (χ0) is 14.4. The fourth-order valence-corrected chi connectivity index (χ4v) is 2.66. The molecule has 5 heteroatoms. The summed E-state index contributed by atoms with van der Waals surface area (Å²) in [5, 5.41) is 12.6. The number of quaternary nitrogens is 1. The van der Waals surface area contributed by atoms with Crippen LogP contribution in [0.15, 0.2) is 18.2 Å². The fraction of sp³-hybridized carbons (Fsp3) is 0.600. The van der Waals surface area contributed by atoms with Crippen molar-refractivity contribution in [1.29, 1.82) is 0 Å². The molecule has 0 amide bonds. The first-order chi connectivity index (χ1) is 9.59. The van der Waals surface area contributed by atoms with Gasteiger partial charge in [-0.15, -0.1) is 0 Å². The Morgan fingerprint density at radius 3 is 2.80 bits per heavy atom. The van der Waals surface area contributed by atoms with Gasteiger partial charge in [-0.3, -0.25) is 0 Å². The molecule has 1 aliphatic rings. The average molecular weight is 280 g/mol. The first kappa shape index (κ1) is 14.9. The van der Waals surface area contributed by atoms with Gasteiger partial charge in [-0.1, -0.05) is 0 Å². The van der Waals surface area contributed by atoms with Crippen LogP contribution in [0.1, 0.15) is 12.8 Å². The van der Waals surface area contributed by atoms with E-state index in [9.17, 15) is 5.11 Å². The number of nitrogens with two attached hydrogens (primary N) is 1. The molecule has 1 aromatic carbocycles. The van der Waals surface area contributed by atoms with E-state index in [0.29, 0.717) is 18.8 Å². The molecule has 0 radical (unpaired) electrons. The normalized spacial score (nSPS) is 17.2. The molecule has 0 bridgehead atoms. The summed E-state index contributed by atoms with van der Waals surface area (Å²) in [6.45, 7) is 5.79. The topological polar surface area (TPSA) is 67.5 Å². The highest BCUT2D eigenvalue weighted by atomic mass is 16.5. The number of phenols is 1. The van der Waals surface area contributed by atoms with Crippen LogP contribution in [0.25, 0.3) is 0 Å². The average Bonchev–Trinajstić information content (AvgIpc) is 2.85. The smallest absolute Gasteiger partial charge is 0.117 e. The Morgan fingerprint density at radius 1 is 1.30 bits per heavy atom. The van der Waals surface area contributed by atoms with Crippen molar-refractivity contribution in [2.24, 2.45) is 0 Å². The molecular formula is C15H26N3O2+. The number of benzene rings is 1. The lowest BCUT2D eigenvalue weighted by Gasteiger charge is -2.28. The van der Waals surface area contributed by atoms with E-state index in [0.717, 1.165) is 23.3 Å². The molecule has 0 aromatic heterocycles. The molecule has 0 aliphatic carbocycles. The summed E-state index contributed by atoms with van der Waals surface area (Å²) in [5.74, 6) is 0.217. The Kier molecular flexibility index (Phi) is 5.09. The Labute approximate surface area is 120 Å². The van der Waals surface area contributed by atoms with Crippen LogP contribution in [0.5, 0.6) is 5.75 Å². The van der Waals surface area contributed by atoms with E-state index in [-0.39, 0.29) is 5.75 Å². The molecular weight excluding hydrogens is 254 g/mol. The minimum Gasteiger partial charge on any atom is -0.508 e. The van der Waals surface area contributed by atoms with Gasteiger partial charge in [0.1, 0.15) is 12.3 Å². The number of nitrogen functional groups attached to an aromatic ring is 1. The minimum atomic E-state index is 0.217. The first-order valence-corrected chi connectivity index (χ1v) is 7.33. The number of nitrogens with one attached hydrogen (secondary N) is 1. The van der Waals surface area contributed by atoms with Gasteiger partial charge < -0.3 is 25.4 Å². The monoisotopic (exact) mass is 280 g/mol. The van der Waals surface area contributed by atoms with Crippen molar-refractivity contribution in [3.8, 4) is 5.75 Å². The Morgan fingerprint density at radius 2 is 2.05 bits per heavy atom. The molecule has 0 spiro atoms. The molecule has 0 atom stereocenters. The summed E-state index contributed by atoms with van der Waals surface area (Å²) in [6.07, 6.45) is 2.68. The standard InChI is InChI=1S/C15H25N3O2/c1-18(7-2-3-8-18)9-11-20-10-6-17-15-12-13(19)4-5-14(15)16/h4-5,12,17H,2-3,6-11,16H2,1H3/p+1. The van der Waals surface area contributed by atoms with E-state index in [1.807, 2.05) is 0 Å². The Hall–Kier alpha value is -1.46. The van der Waals surface area contributed by atoms with Crippen LogP contribution in [0.4, 0.5) is 11.4 Å². The first-order valence-electron chi connectivity index (χ1n) is 7.33. The molecule has 1 aromatic rings. The lowest BCUT2D eigenvalue weighted by molar-refractivity contribution is -0.898. The number of aromatic hydroxyl groups is 1. The van der Waals surface area contributed by atoms with Crippen LogP contribution >= 0.6 is 0 Å². The Balaban J connectivity index is 1.61. The predicted octanol–water partition coefficient (Wildman–Crippen LogP) is 1.64. The van der Waals surface area contributed by atoms with Crippen LogP contribution in [-0.2, 0) is 4.74 Å². The largest absolute Gasteiger partial charge is 0.508 e.